The lowest BCUT2D eigenvalue weighted by molar-refractivity contribution is -0.138. The maximum absolute atomic E-state index is 10.7. The van der Waals surface area contributed by atoms with Gasteiger partial charge in [-0.2, -0.15) is 0 Å². The summed E-state index contributed by atoms with van der Waals surface area (Å²) in [5.74, 6) is -0.972. The molecule has 0 saturated carbocycles. The highest BCUT2D eigenvalue weighted by Crippen LogP contribution is 2.12. The van der Waals surface area contributed by atoms with E-state index < -0.39 is 12.0 Å². The lowest BCUT2D eigenvalue weighted by atomic mass is 10.0. The Morgan fingerprint density at radius 1 is 1.10 bits per heavy atom. The molecule has 0 aliphatic carbocycles. The summed E-state index contributed by atoms with van der Waals surface area (Å²) in [4.78, 5) is 10.7. The van der Waals surface area contributed by atoms with Gasteiger partial charge in [0.25, 0.3) is 0 Å². The number of carboxylic acid groups (broad SMARTS) is 1. The molecule has 4 N–H and O–H groups in total. The molecule has 0 fully saturated rings. The lowest BCUT2D eigenvalue weighted by Crippen LogP contribution is -2.32. The highest BCUT2D eigenvalue weighted by atomic mass is 16.4. The number of hydrogen-bond donors (Lipinski definition) is 3. The monoisotopic (exact) mass is 284 g/mol. The number of nitrogens with one attached hydrogen (secondary N) is 1. The van der Waals surface area contributed by atoms with Gasteiger partial charge in [-0.15, -0.1) is 0 Å². The van der Waals surface area contributed by atoms with Crippen LogP contribution in [0.15, 0.2) is 48.5 Å². The van der Waals surface area contributed by atoms with Crippen LogP contribution in [0.1, 0.15) is 16.7 Å². The van der Waals surface area contributed by atoms with Gasteiger partial charge in [0.2, 0.25) is 0 Å². The molecule has 110 valence electrons. The van der Waals surface area contributed by atoms with Crippen molar-refractivity contribution in [3.63, 3.8) is 0 Å². The van der Waals surface area contributed by atoms with Crippen molar-refractivity contribution in [1.82, 2.24) is 0 Å². The number of benzene rings is 2. The Bertz CT molecular complexity index is 591. The zero-order chi connectivity index (χ0) is 15.2. The second-order valence-electron chi connectivity index (χ2n) is 5.18. The van der Waals surface area contributed by atoms with Gasteiger partial charge >= 0.3 is 5.97 Å². The van der Waals surface area contributed by atoms with E-state index in [-0.39, 0.29) is 0 Å². The summed E-state index contributed by atoms with van der Waals surface area (Å²) in [5, 5.41) is 12.1. The van der Waals surface area contributed by atoms with Crippen LogP contribution in [-0.4, -0.2) is 17.1 Å². The number of hydrogen-bond acceptors (Lipinski definition) is 3. The van der Waals surface area contributed by atoms with Gasteiger partial charge in [-0.05, 0) is 36.6 Å². The molecular weight excluding hydrogens is 264 g/mol. The number of aryl methyl sites for hydroxylation is 1. The van der Waals surface area contributed by atoms with E-state index in [4.69, 9.17) is 10.8 Å². The number of carboxylic acids is 1. The van der Waals surface area contributed by atoms with E-state index in [0.29, 0.717) is 6.42 Å². The molecule has 0 aliphatic heterocycles. The lowest BCUT2D eigenvalue weighted by Gasteiger charge is -2.09. The Kier molecular flexibility index (Phi) is 4.95. The van der Waals surface area contributed by atoms with Gasteiger partial charge in [-0.25, -0.2) is 0 Å². The molecule has 1 unspecified atom stereocenters. The average Bonchev–Trinajstić information content (AvgIpc) is 2.48. The number of rotatable bonds is 6. The van der Waals surface area contributed by atoms with Gasteiger partial charge in [-0.3, -0.25) is 4.79 Å². The molecule has 2 aromatic carbocycles. The minimum atomic E-state index is -0.972. The van der Waals surface area contributed by atoms with Gasteiger partial charge < -0.3 is 16.2 Å². The van der Waals surface area contributed by atoms with Crippen LogP contribution in [0.25, 0.3) is 0 Å². The van der Waals surface area contributed by atoms with Crippen molar-refractivity contribution < 1.29 is 9.90 Å². The van der Waals surface area contributed by atoms with Crippen LogP contribution in [-0.2, 0) is 17.8 Å². The normalized spacial score (nSPS) is 11.9. The van der Waals surface area contributed by atoms with Crippen molar-refractivity contribution in [2.24, 2.45) is 5.73 Å². The smallest absolute Gasteiger partial charge is 0.320 e. The van der Waals surface area contributed by atoms with Crippen LogP contribution in [0.5, 0.6) is 0 Å². The molecule has 0 radical (unpaired) electrons. The van der Waals surface area contributed by atoms with E-state index in [9.17, 15) is 4.79 Å². The van der Waals surface area contributed by atoms with E-state index >= 15 is 0 Å². The molecule has 0 aliphatic rings. The SMILES string of the molecule is Cc1ccc(NCc2ccc(CC(N)C(=O)O)cc2)cc1. The quantitative estimate of drug-likeness (QED) is 0.762. The maximum atomic E-state index is 10.7. The predicted octanol–water partition coefficient (Wildman–Crippen LogP) is 2.56. The van der Waals surface area contributed by atoms with Crippen LogP contribution in [0.3, 0.4) is 0 Å². The first-order chi connectivity index (χ1) is 10.0. The van der Waals surface area contributed by atoms with Crippen molar-refractivity contribution in [2.75, 3.05) is 5.32 Å². The third-order valence-electron chi connectivity index (χ3n) is 3.34. The minimum Gasteiger partial charge on any atom is -0.480 e. The van der Waals surface area contributed by atoms with Gasteiger partial charge in [0.1, 0.15) is 6.04 Å². The average molecular weight is 284 g/mol. The van der Waals surface area contributed by atoms with Crippen LogP contribution >= 0.6 is 0 Å². The first-order valence-electron chi connectivity index (χ1n) is 6.91. The Hall–Kier alpha value is -2.33. The molecule has 21 heavy (non-hydrogen) atoms. The first-order valence-corrected chi connectivity index (χ1v) is 6.91. The summed E-state index contributed by atoms with van der Waals surface area (Å²) in [5.41, 5.74) is 9.91. The van der Waals surface area contributed by atoms with E-state index in [1.54, 1.807) is 0 Å². The molecule has 4 heteroatoms. The van der Waals surface area contributed by atoms with Crippen molar-refractivity contribution in [1.29, 1.82) is 0 Å². The third-order valence-corrected chi connectivity index (χ3v) is 3.34. The number of carbonyl (C=O) groups is 1. The summed E-state index contributed by atoms with van der Waals surface area (Å²) < 4.78 is 0. The maximum Gasteiger partial charge on any atom is 0.320 e. The van der Waals surface area contributed by atoms with Crippen molar-refractivity contribution in [3.05, 3.63) is 65.2 Å². The molecule has 1 atom stereocenters. The molecule has 2 aromatic rings. The fourth-order valence-corrected chi connectivity index (χ4v) is 2.01. The number of nitrogens with two attached hydrogens (primary N) is 1. The van der Waals surface area contributed by atoms with Gasteiger partial charge in [0, 0.05) is 12.2 Å². The second kappa shape index (κ2) is 6.90. The third kappa shape index (κ3) is 4.61. The topological polar surface area (TPSA) is 75.3 Å². The summed E-state index contributed by atoms with van der Waals surface area (Å²) >= 11 is 0. The Morgan fingerprint density at radius 2 is 1.67 bits per heavy atom. The summed E-state index contributed by atoms with van der Waals surface area (Å²) in [7, 11) is 0. The second-order valence-corrected chi connectivity index (χ2v) is 5.18. The largest absolute Gasteiger partial charge is 0.480 e. The van der Waals surface area contributed by atoms with Crippen molar-refractivity contribution >= 4 is 11.7 Å². The molecule has 0 heterocycles. The molecule has 0 aromatic heterocycles. The fraction of sp³-hybridized carbons (Fsp3) is 0.235. The number of anilines is 1. The van der Waals surface area contributed by atoms with E-state index in [1.807, 2.05) is 24.3 Å². The molecule has 0 spiro atoms. The minimum absolute atomic E-state index is 0.348. The Balaban J connectivity index is 1.90. The van der Waals surface area contributed by atoms with Crippen LogP contribution < -0.4 is 11.1 Å². The Morgan fingerprint density at radius 3 is 2.24 bits per heavy atom. The van der Waals surface area contributed by atoms with Crippen molar-refractivity contribution in [3.8, 4) is 0 Å². The summed E-state index contributed by atoms with van der Waals surface area (Å²) in [6.45, 7) is 2.79. The highest BCUT2D eigenvalue weighted by Gasteiger charge is 2.11. The first kappa shape index (κ1) is 15.1. The number of aliphatic carboxylic acids is 1. The van der Waals surface area contributed by atoms with Crippen LogP contribution in [0, 0.1) is 6.92 Å². The van der Waals surface area contributed by atoms with Crippen LogP contribution in [0.4, 0.5) is 5.69 Å². The predicted molar refractivity (Wildman–Crippen MR) is 84.3 cm³/mol. The van der Waals surface area contributed by atoms with Gasteiger partial charge in [-0.1, -0.05) is 42.0 Å². The summed E-state index contributed by atoms with van der Waals surface area (Å²) in [6.07, 6.45) is 0.348. The van der Waals surface area contributed by atoms with E-state index in [0.717, 1.165) is 23.4 Å². The van der Waals surface area contributed by atoms with Gasteiger partial charge in [0.05, 0.1) is 0 Å². The van der Waals surface area contributed by atoms with Crippen molar-refractivity contribution in [2.45, 2.75) is 25.9 Å². The Labute approximate surface area is 124 Å². The zero-order valence-corrected chi connectivity index (χ0v) is 12.0. The molecule has 4 nitrogen and oxygen atoms in total. The molecule has 0 saturated heterocycles. The molecule has 0 bridgehead atoms. The molecular formula is C17H20N2O2. The highest BCUT2D eigenvalue weighted by molar-refractivity contribution is 5.73. The van der Waals surface area contributed by atoms with Gasteiger partial charge in [0.15, 0.2) is 0 Å². The molecule has 0 amide bonds. The van der Waals surface area contributed by atoms with E-state index in [1.165, 1.54) is 5.56 Å². The zero-order valence-electron chi connectivity index (χ0n) is 12.0. The van der Waals surface area contributed by atoms with Crippen LogP contribution in [0.2, 0.25) is 0 Å². The fourth-order valence-electron chi connectivity index (χ4n) is 2.01. The molecule has 2 rings (SSSR count). The van der Waals surface area contributed by atoms with E-state index in [2.05, 4.69) is 36.5 Å². The standard InChI is InChI=1S/C17H20N2O2/c1-12-2-8-15(9-3-12)19-11-14-6-4-13(5-7-14)10-16(18)17(20)21/h2-9,16,19H,10-11,18H2,1H3,(H,20,21). The summed E-state index contributed by atoms with van der Waals surface area (Å²) in [6, 6.07) is 15.2.